The minimum absolute atomic E-state index is 0.145. The molecule has 0 radical (unpaired) electrons. The van der Waals surface area contributed by atoms with Gasteiger partial charge in [-0.25, -0.2) is 9.50 Å². The number of fused-ring (bicyclic) bond motifs is 1. The van der Waals surface area contributed by atoms with Gasteiger partial charge in [-0.1, -0.05) is 0 Å². The molecule has 1 saturated heterocycles. The molecule has 134 valence electrons. The summed E-state index contributed by atoms with van der Waals surface area (Å²) >= 11 is 0. The van der Waals surface area contributed by atoms with Gasteiger partial charge in [-0.05, 0) is 39.0 Å². The number of amides is 1. The van der Waals surface area contributed by atoms with Gasteiger partial charge in [-0.3, -0.25) is 4.79 Å². The van der Waals surface area contributed by atoms with E-state index in [1.54, 1.807) is 4.52 Å². The van der Waals surface area contributed by atoms with E-state index < -0.39 is 0 Å². The SMILES string of the molecule is Cc1ccc(N2CC(CNC(=O)c3nc4nc(C)cc(C)n4n3)C2)nn1. The third kappa shape index (κ3) is 3.07. The summed E-state index contributed by atoms with van der Waals surface area (Å²) in [6, 6.07) is 5.82. The largest absolute Gasteiger partial charge is 0.354 e. The van der Waals surface area contributed by atoms with Crippen molar-refractivity contribution in [1.82, 2.24) is 35.1 Å². The number of rotatable bonds is 4. The van der Waals surface area contributed by atoms with Crippen molar-refractivity contribution >= 4 is 17.5 Å². The summed E-state index contributed by atoms with van der Waals surface area (Å²) in [5.41, 5.74) is 2.65. The second-order valence-corrected chi connectivity index (χ2v) is 6.70. The summed E-state index contributed by atoms with van der Waals surface area (Å²) in [7, 11) is 0. The van der Waals surface area contributed by atoms with Gasteiger partial charge in [0, 0.05) is 36.9 Å². The fraction of sp³-hybridized carbons (Fsp3) is 0.412. The predicted octanol–water partition coefficient (Wildman–Crippen LogP) is 0.706. The van der Waals surface area contributed by atoms with E-state index in [9.17, 15) is 4.79 Å². The van der Waals surface area contributed by atoms with Crippen molar-refractivity contribution in [3.63, 3.8) is 0 Å². The maximum atomic E-state index is 12.3. The van der Waals surface area contributed by atoms with Crippen LogP contribution in [0.3, 0.4) is 0 Å². The number of carbonyl (C=O) groups excluding carboxylic acids is 1. The first-order valence-corrected chi connectivity index (χ1v) is 8.54. The van der Waals surface area contributed by atoms with Gasteiger partial charge in [-0.15, -0.1) is 10.2 Å². The first-order valence-electron chi connectivity index (χ1n) is 8.54. The van der Waals surface area contributed by atoms with E-state index in [1.165, 1.54) is 0 Å². The minimum Gasteiger partial charge on any atom is -0.354 e. The lowest BCUT2D eigenvalue weighted by Gasteiger charge is -2.39. The Morgan fingerprint density at radius 1 is 1.15 bits per heavy atom. The molecule has 1 fully saturated rings. The molecule has 9 heteroatoms. The van der Waals surface area contributed by atoms with Gasteiger partial charge in [0.2, 0.25) is 5.82 Å². The number of hydrogen-bond donors (Lipinski definition) is 1. The van der Waals surface area contributed by atoms with Crippen LogP contribution in [0.1, 0.15) is 27.7 Å². The van der Waals surface area contributed by atoms with Crippen molar-refractivity contribution in [2.75, 3.05) is 24.5 Å². The fourth-order valence-electron chi connectivity index (χ4n) is 3.03. The molecule has 1 N–H and O–H groups in total. The lowest BCUT2D eigenvalue weighted by atomic mass is 10.0. The molecule has 4 heterocycles. The standard InChI is InChI=1S/C17H20N8O/c1-10-4-5-14(22-21-10)24-8-13(9-24)7-18-16(26)15-20-17-19-11(2)6-12(3)25(17)23-15/h4-6,13H,7-9H2,1-3H3,(H,18,26). The van der Waals surface area contributed by atoms with Crippen molar-refractivity contribution in [2.45, 2.75) is 20.8 Å². The molecular weight excluding hydrogens is 332 g/mol. The Hall–Kier alpha value is -3.10. The van der Waals surface area contributed by atoms with Crippen molar-refractivity contribution in [1.29, 1.82) is 0 Å². The van der Waals surface area contributed by atoms with Gasteiger partial charge < -0.3 is 10.2 Å². The second-order valence-electron chi connectivity index (χ2n) is 6.70. The molecular formula is C17H20N8O. The van der Waals surface area contributed by atoms with E-state index in [-0.39, 0.29) is 11.7 Å². The number of aryl methyl sites for hydroxylation is 3. The average Bonchev–Trinajstić information content (AvgIpc) is 2.99. The number of hydrogen-bond acceptors (Lipinski definition) is 7. The van der Waals surface area contributed by atoms with Crippen molar-refractivity contribution < 1.29 is 4.79 Å². The maximum absolute atomic E-state index is 12.3. The highest BCUT2D eigenvalue weighted by atomic mass is 16.2. The third-order valence-electron chi connectivity index (χ3n) is 4.44. The molecule has 1 amide bonds. The van der Waals surface area contributed by atoms with E-state index in [2.05, 4.69) is 35.5 Å². The number of carbonyl (C=O) groups is 1. The van der Waals surface area contributed by atoms with Crippen LogP contribution in [0.15, 0.2) is 18.2 Å². The molecule has 0 unspecified atom stereocenters. The summed E-state index contributed by atoms with van der Waals surface area (Å²) in [5, 5.41) is 15.4. The van der Waals surface area contributed by atoms with Crippen LogP contribution >= 0.6 is 0 Å². The van der Waals surface area contributed by atoms with E-state index in [0.717, 1.165) is 36.0 Å². The van der Waals surface area contributed by atoms with Crippen molar-refractivity contribution in [3.8, 4) is 0 Å². The summed E-state index contributed by atoms with van der Waals surface area (Å²) in [5.74, 6) is 1.56. The Morgan fingerprint density at radius 2 is 1.96 bits per heavy atom. The van der Waals surface area contributed by atoms with Gasteiger partial charge in [0.25, 0.3) is 11.7 Å². The normalized spacial score (nSPS) is 14.5. The zero-order valence-electron chi connectivity index (χ0n) is 15.0. The van der Waals surface area contributed by atoms with E-state index in [0.29, 0.717) is 18.2 Å². The molecule has 9 nitrogen and oxygen atoms in total. The molecule has 0 aromatic carbocycles. The quantitative estimate of drug-likeness (QED) is 0.738. The Kier molecular flexibility index (Phi) is 3.98. The first-order chi connectivity index (χ1) is 12.5. The average molecular weight is 352 g/mol. The number of nitrogens with zero attached hydrogens (tertiary/aromatic N) is 7. The maximum Gasteiger partial charge on any atom is 0.291 e. The number of nitrogens with one attached hydrogen (secondary N) is 1. The lowest BCUT2D eigenvalue weighted by Crippen LogP contribution is -2.52. The molecule has 0 spiro atoms. The highest BCUT2D eigenvalue weighted by molar-refractivity contribution is 5.90. The predicted molar refractivity (Wildman–Crippen MR) is 95.1 cm³/mol. The molecule has 4 rings (SSSR count). The second kappa shape index (κ2) is 6.32. The molecule has 0 aliphatic carbocycles. The zero-order chi connectivity index (χ0) is 18.3. The number of aromatic nitrogens is 6. The van der Waals surface area contributed by atoms with Gasteiger partial charge >= 0.3 is 0 Å². The van der Waals surface area contributed by atoms with Crippen LogP contribution < -0.4 is 10.2 Å². The molecule has 3 aromatic heterocycles. The highest BCUT2D eigenvalue weighted by Gasteiger charge is 2.28. The molecule has 0 atom stereocenters. The van der Waals surface area contributed by atoms with Gasteiger partial charge in [0.1, 0.15) is 0 Å². The van der Waals surface area contributed by atoms with E-state index >= 15 is 0 Å². The number of anilines is 1. The van der Waals surface area contributed by atoms with Crippen LogP contribution in [0.2, 0.25) is 0 Å². The molecule has 1 aliphatic heterocycles. The Bertz CT molecular complexity index is 959. The van der Waals surface area contributed by atoms with E-state index in [1.807, 2.05) is 39.0 Å². The topological polar surface area (TPSA) is 101 Å². The summed E-state index contributed by atoms with van der Waals surface area (Å²) in [6.07, 6.45) is 0. The van der Waals surface area contributed by atoms with Crippen LogP contribution in [0.5, 0.6) is 0 Å². The van der Waals surface area contributed by atoms with Crippen LogP contribution in [0, 0.1) is 26.7 Å². The van der Waals surface area contributed by atoms with Crippen LogP contribution in [0.25, 0.3) is 5.78 Å². The van der Waals surface area contributed by atoms with Crippen LogP contribution in [-0.2, 0) is 0 Å². The molecule has 0 saturated carbocycles. The van der Waals surface area contributed by atoms with Crippen molar-refractivity contribution in [2.24, 2.45) is 5.92 Å². The fourth-order valence-corrected chi connectivity index (χ4v) is 3.03. The summed E-state index contributed by atoms with van der Waals surface area (Å²) in [6.45, 7) is 7.98. The third-order valence-corrected chi connectivity index (χ3v) is 4.44. The summed E-state index contributed by atoms with van der Waals surface area (Å²) < 4.78 is 1.59. The van der Waals surface area contributed by atoms with E-state index in [4.69, 9.17) is 0 Å². The van der Waals surface area contributed by atoms with Crippen LogP contribution in [0.4, 0.5) is 5.82 Å². The van der Waals surface area contributed by atoms with Crippen molar-refractivity contribution in [3.05, 3.63) is 41.1 Å². The molecule has 26 heavy (non-hydrogen) atoms. The summed E-state index contributed by atoms with van der Waals surface area (Å²) in [4.78, 5) is 23.0. The van der Waals surface area contributed by atoms with Gasteiger partial charge in [0.15, 0.2) is 5.82 Å². The smallest absolute Gasteiger partial charge is 0.291 e. The Balaban J connectivity index is 1.34. The lowest BCUT2D eigenvalue weighted by molar-refractivity contribution is 0.0934. The van der Waals surface area contributed by atoms with Gasteiger partial charge in [0.05, 0.1) is 5.69 Å². The Labute approximate surface area is 150 Å². The van der Waals surface area contributed by atoms with Gasteiger partial charge in [-0.2, -0.15) is 10.1 Å². The molecule has 1 aliphatic rings. The molecule has 3 aromatic rings. The highest BCUT2D eigenvalue weighted by Crippen LogP contribution is 2.21. The Morgan fingerprint density at radius 3 is 2.69 bits per heavy atom. The monoisotopic (exact) mass is 352 g/mol. The molecule has 0 bridgehead atoms. The minimum atomic E-state index is -0.277. The first kappa shape index (κ1) is 16.4. The zero-order valence-corrected chi connectivity index (χ0v) is 15.0. The van der Waals surface area contributed by atoms with Crippen LogP contribution in [-0.4, -0.2) is 55.3 Å².